The van der Waals surface area contributed by atoms with E-state index >= 15 is 0 Å². The van der Waals surface area contributed by atoms with Crippen molar-refractivity contribution >= 4 is 5.96 Å². The monoisotopic (exact) mass is 268 g/mol. The average Bonchev–Trinajstić information content (AvgIpc) is 2.42. The van der Waals surface area contributed by atoms with Gasteiger partial charge in [0.2, 0.25) is 5.96 Å². The van der Waals surface area contributed by atoms with Gasteiger partial charge in [0.15, 0.2) is 0 Å². The lowest BCUT2D eigenvalue weighted by Crippen LogP contribution is -2.56. The standard InChI is InChI=1S/C14H28N4O/c1-14(2)11(9-12(14)19-3)17-13(18-15)16-10-7-5-4-6-8-10/h10-12H,4-9,15H2,1-3H3,(H2,16,17,18). The van der Waals surface area contributed by atoms with Crippen LogP contribution in [0.2, 0.25) is 0 Å². The van der Waals surface area contributed by atoms with Crippen LogP contribution in [0.4, 0.5) is 0 Å². The maximum Gasteiger partial charge on any atom is 0.206 e. The highest BCUT2D eigenvalue weighted by atomic mass is 16.5. The van der Waals surface area contributed by atoms with Gasteiger partial charge in [-0.25, -0.2) is 10.8 Å². The van der Waals surface area contributed by atoms with Crippen LogP contribution in [0.15, 0.2) is 4.99 Å². The summed E-state index contributed by atoms with van der Waals surface area (Å²) in [4.78, 5) is 4.73. The summed E-state index contributed by atoms with van der Waals surface area (Å²) in [5.74, 6) is 6.33. The first-order valence-electron chi connectivity index (χ1n) is 7.41. The molecule has 5 nitrogen and oxygen atoms in total. The molecule has 0 aromatic carbocycles. The first kappa shape index (κ1) is 14.6. The van der Waals surface area contributed by atoms with E-state index in [2.05, 4.69) is 24.6 Å². The van der Waals surface area contributed by atoms with Crippen molar-refractivity contribution < 1.29 is 4.74 Å². The van der Waals surface area contributed by atoms with Gasteiger partial charge in [-0.3, -0.25) is 5.43 Å². The number of rotatable bonds is 3. The van der Waals surface area contributed by atoms with Gasteiger partial charge in [0, 0.05) is 18.6 Å². The first-order valence-corrected chi connectivity index (χ1v) is 7.41. The van der Waals surface area contributed by atoms with Gasteiger partial charge in [-0.15, -0.1) is 0 Å². The topological polar surface area (TPSA) is 71.7 Å². The molecule has 0 aliphatic heterocycles. The molecule has 4 N–H and O–H groups in total. The van der Waals surface area contributed by atoms with E-state index in [1.54, 1.807) is 7.11 Å². The highest BCUT2D eigenvalue weighted by Crippen LogP contribution is 2.44. The number of nitrogens with one attached hydrogen (secondary N) is 2. The Morgan fingerprint density at radius 1 is 1.26 bits per heavy atom. The molecule has 0 spiro atoms. The number of hydrogen-bond donors (Lipinski definition) is 3. The van der Waals surface area contributed by atoms with E-state index < -0.39 is 0 Å². The zero-order valence-corrected chi connectivity index (χ0v) is 12.4. The second-order valence-corrected chi connectivity index (χ2v) is 6.40. The van der Waals surface area contributed by atoms with E-state index in [4.69, 9.17) is 15.6 Å². The summed E-state index contributed by atoms with van der Waals surface area (Å²) in [5, 5.41) is 3.45. The quantitative estimate of drug-likeness (QED) is 0.314. The largest absolute Gasteiger partial charge is 0.381 e. The lowest BCUT2D eigenvalue weighted by molar-refractivity contribution is -0.0852. The van der Waals surface area contributed by atoms with E-state index in [1.165, 1.54) is 32.1 Å². The fraction of sp³-hybridized carbons (Fsp3) is 0.929. The lowest BCUT2D eigenvalue weighted by Gasteiger charge is -2.49. The fourth-order valence-electron chi connectivity index (χ4n) is 3.20. The zero-order valence-electron chi connectivity index (χ0n) is 12.4. The Kier molecular flexibility index (Phi) is 4.68. The van der Waals surface area contributed by atoms with Gasteiger partial charge < -0.3 is 10.1 Å². The molecule has 5 heteroatoms. The van der Waals surface area contributed by atoms with Gasteiger partial charge in [0.1, 0.15) is 0 Å². The average molecular weight is 268 g/mol. The molecule has 2 saturated carbocycles. The Balaban J connectivity index is 1.92. The summed E-state index contributed by atoms with van der Waals surface area (Å²) in [6.07, 6.45) is 7.67. The Hall–Kier alpha value is -0.810. The molecule has 110 valence electrons. The molecule has 2 aliphatic rings. The molecule has 2 rings (SSSR count). The van der Waals surface area contributed by atoms with Crippen LogP contribution in [0.5, 0.6) is 0 Å². The second-order valence-electron chi connectivity index (χ2n) is 6.40. The molecule has 0 aromatic heterocycles. The molecular weight excluding hydrogens is 240 g/mol. The molecule has 2 unspecified atom stereocenters. The fourth-order valence-corrected chi connectivity index (χ4v) is 3.20. The molecule has 0 heterocycles. The van der Waals surface area contributed by atoms with E-state index in [9.17, 15) is 0 Å². The van der Waals surface area contributed by atoms with E-state index in [0.717, 1.165) is 12.4 Å². The van der Waals surface area contributed by atoms with Crippen molar-refractivity contribution in [2.24, 2.45) is 16.3 Å². The molecule has 0 amide bonds. The van der Waals surface area contributed by atoms with Gasteiger partial charge in [0.05, 0.1) is 12.1 Å². The van der Waals surface area contributed by atoms with Crippen molar-refractivity contribution in [1.29, 1.82) is 0 Å². The predicted octanol–water partition coefficient (Wildman–Crippen LogP) is 1.54. The third-order valence-corrected chi connectivity index (χ3v) is 4.78. The normalized spacial score (nSPS) is 31.7. The second kappa shape index (κ2) is 6.09. The Bertz CT molecular complexity index is 323. The maximum atomic E-state index is 5.60. The highest BCUT2D eigenvalue weighted by molar-refractivity contribution is 5.79. The number of methoxy groups -OCH3 is 1. The van der Waals surface area contributed by atoms with Crippen LogP contribution in [-0.4, -0.2) is 31.3 Å². The Labute approximate surface area is 116 Å². The summed E-state index contributed by atoms with van der Waals surface area (Å²) in [6.45, 7) is 4.40. The Morgan fingerprint density at radius 3 is 2.47 bits per heavy atom. The lowest BCUT2D eigenvalue weighted by atomic mass is 9.65. The number of hydrazine groups is 1. The highest BCUT2D eigenvalue weighted by Gasteiger charge is 2.48. The molecule has 0 radical (unpaired) electrons. The summed E-state index contributed by atoms with van der Waals surface area (Å²) in [7, 11) is 1.77. The minimum absolute atomic E-state index is 0.0884. The summed E-state index contributed by atoms with van der Waals surface area (Å²) in [5.41, 5.74) is 2.81. The van der Waals surface area contributed by atoms with E-state index in [1.807, 2.05) is 0 Å². The van der Waals surface area contributed by atoms with Gasteiger partial charge in [-0.1, -0.05) is 33.1 Å². The number of nitrogens with zero attached hydrogens (tertiary/aromatic N) is 1. The van der Waals surface area contributed by atoms with Gasteiger partial charge in [0.25, 0.3) is 0 Å². The molecule has 2 fully saturated rings. The van der Waals surface area contributed by atoms with Gasteiger partial charge in [-0.2, -0.15) is 0 Å². The van der Waals surface area contributed by atoms with Crippen LogP contribution in [0.3, 0.4) is 0 Å². The van der Waals surface area contributed by atoms with Crippen LogP contribution >= 0.6 is 0 Å². The summed E-state index contributed by atoms with van der Waals surface area (Å²) >= 11 is 0. The van der Waals surface area contributed by atoms with Crippen molar-refractivity contribution in [3.05, 3.63) is 0 Å². The molecule has 19 heavy (non-hydrogen) atoms. The minimum atomic E-state index is 0.0884. The summed E-state index contributed by atoms with van der Waals surface area (Å²) in [6, 6.07) is 0.796. The minimum Gasteiger partial charge on any atom is -0.381 e. The number of aliphatic imine (C=N–C) groups is 1. The van der Waals surface area contributed by atoms with Crippen LogP contribution in [0, 0.1) is 5.41 Å². The van der Waals surface area contributed by atoms with Crippen LogP contribution in [0.25, 0.3) is 0 Å². The van der Waals surface area contributed by atoms with Crippen molar-refractivity contribution in [1.82, 2.24) is 10.7 Å². The molecule has 0 bridgehead atoms. The zero-order chi connectivity index (χ0) is 13.9. The molecular formula is C14H28N4O. The molecule has 2 aliphatic carbocycles. The third kappa shape index (κ3) is 3.20. The Morgan fingerprint density at radius 2 is 1.95 bits per heavy atom. The van der Waals surface area contributed by atoms with Crippen LogP contribution in [-0.2, 0) is 4.74 Å². The van der Waals surface area contributed by atoms with Gasteiger partial charge in [-0.05, 0) is 19.3 Å². The summed E-state index contributed by atoms with van der Waals surface area (Å²) < 4.78 is 5.46. The molecule has 0 saturated heterocycles. The number of guanidine groups is 1. The first-order chi connectivity index (χ1) is 9.07. The smallest absolute Gasteiger partial charge is 0.206 e. The van der Waals surface area contributed by atoms with Crippen molar-refractivity contribution in [3.63, 3.8) is 0 Å². The molecule has 0 aromatic rings. The number of hydrogen-bond acceptors (Lipinski definition) is 3. The van der Waals surface area contributed by atoms with E-state index in [-0.39, 0.29) is 11.5 Å². The van der Waals surface area contributed by atoms with Crippen LogP contribution < -0.4 is 16.6 Å². The SMILES string of the molecule is COC1CC(N=C(NN)NC2CCCCC2)C1(C)C. The van der Waals surface area contributed by atoms with E-state index in [0.29, 0.717) is 12.1 Å². The van der Waals surface area contributed by atoms with Crippen molar-refractivity contribution in [2.75, 3.05) is 7.11 Å². The van der Waals surface area contributed by atoms with Crippen LogP contribution in [0.1, 0.15) is 52.4 Å². The van der Waals surface area contributed by atoms with Crippen molar-refractivity contribution in [2.45, 2.75) is 70.6 Å². The number of nitrogens with two attached hydrogens (primary N) is 1. The van der Waals surface area contributed by atoms with Gasteiger partial charge >= 0.3 is 0 Å². The predicted molar refractivity (Wildman–Crippen MR) is 77.7 cm³/mol. The number of ether oxygens (including phenoxy) is 1. The maximum absolute atomic E-state index is 5.60. The van der Waals surface area contributed by atoms with Crippen molar-refractivity contribution in [3.8, 4) is 0 Å². The molecule has 2 atom stereocenters. The third-order valence-electron chi connectivity index (χ3n) is 4.78.